The average Bonchev–Trinajstić information content (AvgIpc) is 2.30. The highest BCUT2D eigenvalue weighted by atomic mass is 127. The van der Waals surface area contributed by atoms with Crippen LogP contribution in [0, 0.1) is 5.92 Å². The zero-order valence-corrected chi connectivity index (χ0v) is 13.1. The van der Waals surface area contributed by atoms with Crippen molar-refractivity contribution in [3.05, 3.63) is 0 Å². The summed E-state index contributed by atoms with van der Waals surface area (Å²) in [4.78, 5) is 6.96. The van der Waals surface area contributed by atoms with Crippen molar-refractivity contribution >= 4 is 29.9 Å². The Hall–Kier alpha value is -0.0400. The second-order valence-corrected chi connectivity index (χ2v) is 4.99. The molecule has 100 valence electrons. The van der Waals surface area contributed by atoms with E-state index in [2.05, 4.69) is 27.4 Å². The van der Waals surface area contributed by atoms with Crippen molar-refractivity contribution in [2.75, 3.05) is 39.3 Å². The Bertz CT molecular complexity index is 245. The first-order valence-electron chi connectivity index (χ1n) is 6.59. The smallest absolute Gasteiger partial charge is 0.191 e. The van der Waals surface area contributed by atoms with Crippen molar-refractivity contribution in [2.45, 2.75) is 26.2 Å². The lowest BCUT2D eigenvalue weighted by Gasteiger charge is -2.31. The number of hydrogen-bond donors (Lipinski definition) is 2. The predicted molar refractivity (Wildman–Crippen MR) is 83.2 cm³/mol. The van der Waals surface area contributed by atoms with Gasteiger partial charge in [0.1, 0.15) is 0 Å². The van der Waals surface area contributed by atoms with Gasteiger partial charge in [0.15, 0.2) is 5.96 Å². The lowest BCUT2D eigenvalue weighted by molar-refractivity contribution is 0.187. The Morgan fingerprint density at radius 1 is 1.47 bits per heavy atom. The highest BCUT2D eigenvalue weighted by Crippen LogP contribution is 2.14. The molecule has 0 aliphatic carbocycles. The van der Waals surface area contributed by atoms with Crippen LogP contribution < -0.4 is 10.6 Å². The van der Waals surface area contributed by atoms with E-state index >= 15 is 0 Å². The zero-order chi connectivity index (χ0) is 11.2. The molecule has 2 aliphatic heterocycles. The SMILES string of the molecule is CC1CCCN(CCNC2=NCCCN2)C1.I. The van der Waals surface area contributed by atoms with Crippen LogP contribution in [0.2, 0.25) is 0 Å². The Morgan fingerprint density at radius 3 is 3.06 bits per heavy atom. The van der Waals surface area contributed by atoms with Gasteiger partial charge in [0.25, 0.3) is 0 Å². The zero-order valence-electron chi connectivity index (χ0n) is 10.7. The van der Waals surface area contributed by atoms with Gasteiger partial charge < -0.3 is 15.5 Å². The van der Waals surface area contributed by atoms with E-state index in [-0.39, 0.29) is 24.0 Å². The van der Waals surface area contributed by atoms with Gasteiger partial charge in [-0.2, -0.15) is 0 Å². The fourth-order valence-electron chi connectivity index (χ4n) is 2.47. The molecule has 5 heteroatoms. The lowest BCUT2D eigenvalue weighted by atomic mass is 10.0. The van der Waals surface area contributed by atoms with Crippen LogP contribution in [0.4, 0.5) is 0 Å². The molecule has 2 N–H and O–H groups in total. The molecule has 1 saturated heterocycles. The van der Waals surface area contributed by atoms with Crippen LogP contribution in [0.15, 0.2) is 4.99 Å². The number of nitrogens with one attached hydrogen (secondary N) is 2. The van der Waals surface area contributed by atoms with Crippen LogP contribution in [-0.4, -0.2) is 50.1 Å². The molecule has 0 amide bonds. The molecule has 1 fully saturated rings. The van der Waals surface area contributed by atoms with Crippen LogP contribution in [-0.2, 0) is 0 Å². The fourth-order valence-corrected chi connectivity index (χ4v) is 2.47. The molecule has 0 saturated carbocycles. The first kappa shape index (κ1) is 15.0. The average molecular weight is 352 g/mol. The number of likely N-dealkylation sites (tertiary alicyclic amines) is 1. The van der Waals surface area contributed by atoms with E-state index < -0.39 is 0 Å². The second-order valence-electron chi connectivity index (χ2n) is 4.99. The normalized spacial score (nSPS) is 25.5. The summed E-state index contributed by atoms with van der Waals surface area (Å²) in [6, 6.07) is 0. The minimum absolute atomic E-state index is 0. The third-order valence-corrected chi connectivity index (χ3v) is 3.36. The summed E-state index contributed by atoms with van der Waals surface area (Å²) in [5.41, 5.74) is 0. The van der Waals surface area contributed by atoms with Gasteiger partial charge >= 0.3 is 0 Å². The molecule has 0 aromatic carbocycles. The number of guanidine groups is 1. The largest absolute Gasteiger partial charge is 0.356 e. The maximum Gasteiger partial charge on any atom is 0.191 e. The summed E-state index contributed by atoms with van der Waals surface area (Å²) < 4.78 is 0. The van der Waals surface area contributed by atoms with E-state index in [1.807, 2.05) is 0 Å². The molecule has 4 nitrogen and oxygen atoms in total. The van der Waals surface area contributed by atoms with Crippen LogP contribution >= 0.6 is 24.0 Å². The summed E-state index contributed by atoms with van der Waals surface area (Å²) in [6.07, 6.45) is 3.92. The summed E-state index contributed by atoms with van der Waals surface area (Å²) in [5, 5.41) is 6.67. The van der Waals surface area contributed by atoms with Crippen molar-refractivity contribution in [3.63, 3.8) is 0 Å². The van der Waals surface area contributed by atoms with Gasteiger partial charge in [0, 0.05) is 32.7 Å². The fraction of sp³-hybridized carbons (Fsp3) is 0.917. The Balaban J connectivity index is 0.00000144. The van der Waals surface area contributed by atoms with E-state index in [0.29, 0.717) is 0 Å². The number of aliphatic imine (C=N–C) groups is 1. The van der Waals surface area contributed by atoms with E-state index in [1.165, 1.54) is 25.9 Å². The van der Waals surface area contributed by atoms with Crippen LogP contribution in [0.1, 0.15) is 26.2 Å². The van der Waals surface area contributed by atoms with Crippen molar-refractivity contribution in [2.24, 2.45) is 10.9 Å². The molecular weight excluding hydrogens is 327 g/mol. The highest BCUT2D eigenvalue weighted by Gasteiger charge is 2.15. The molecule has 0 spiro atoms. The standard InChI is InChI=1S/C12H24N4.HI/c1-11-4-2-8-16(10-11)9-7-15-12-13-5-3-6-14-12;/h11H,2-10H2,1H3,(H2,13,14,15);1H. The molecule has 0 aromatic heterocycles. The van der Waals surface area contributed by atoms with Gasteiger partial charge in [-0.3, -0.25) is 4.99 Å². The van der Waals surface area contributed by atoms with E-state index in [4.69, 9.17) is 0 Å². The minimum Gasteiger partial charge on any atom is -0.356 e. The minimum atomic E-state index is 0. The van der Waals surface area contributed by atoms with E-state index in [1.54, 1.807) is 0 Å². The first-order valence-corrected chi connectivity index (χ1v) is 6.59. The Labute approximate surface area is 122 Å². The molecule has 1 unspecified atom stereocenters. The second kappa shape index (κ2) is 8.13. The van der Waals surface area contributed by atoms with Crippen molar-refractivity contribution in [1.29, 1.82) is 0 Å². The maximum atomic E-state index is 4.40. The predicted octanol–water partition coefficient (Wildman–Crippen LogP) is 1.28. The Morgan fingerprint density at radius 2 is 2.35 bits per heavy atom. The number of nitrogens with zero attached hydrogens (tertiary/aromatic N) is 2. The molecular formula is C12H25IN4. The van der Waals surface area contributed by atoms with Crippen molar-refractivity contribution < 1.29 is 0 Å². The Kier molecular flexibility index (Phi) is 7.18. The third kappa shape index (κ3) is 5.42. The molecule has 0 bridgehead atoms. The third-order valence-electron chi connectivity index (χ3n) is 3.36. The monoisotopic (exact) mass is 352 g/mol. The summed E-state index contributed by atoms with van der Waals surface area (Å²) in [6.45, 7) is 9.08. The van der Waals surface area contributed by atoms with Gasteiger partial charge in [-0.1, -0.05) is 6.92 Å². The molecule has 0 radical (unpaired) electrons. The number of halogens is 1. The van der Waals surface area contributed by atoms with Crippen LogP contribution in [0.5, 0.6) is 0 Å². The van der Waals surface area contributed by atoms with E-state index in [9.17, 15) is 0 Å². The molecule has 2 aliphatic rings. The van der Waals surface area contributed by atoms with E-state index in [0.717, 1.165) is 44.5 Å². The summed E-state index contributed by atoms with van der Waals surface area (Å²) >= 11 is 0. The van der Waals surface area contributed by atoms with Gasteiger partial charge in [-0.15, -0.1) is 24.0 Å². The number of hydrogen-bond acceptors (Lipinski definition) is 4. The number of piperidine rings is 1. The lowest BCUT2D eigenvalue weighted by Crippen LogP contribution is -2.45. The van der Waals surface area contributed by atoms with Gasteiger partial charge in [0.2, 0.25) is 0 Å². The first-order chi connectivity index (χ1) is 7.84. The van der Waals surface area contributed by atoms with Crippen LogP contribution in [0.25, 0.3) is 0 Å². The molecule has 17 heavy (non-hydrogen) atoms. The molecule has 2 rings (SSSR count). The maximum absolute atomic E-state index is 4.40. The number of rotatable bonds is 3. The topological polar surface area (TPSA) is 39.7 Å². The van der Waals surface area contributed by atoms with Crippen molar-refractivity contribution in [1.82, 2.24) is 15.5 Å². The van der Waals surface area contributed by atoms with Crippen LogP contribution in [0.3, 0.4) is 0 Å². The summed E-state index contributed by atoms with van der Waals surface area (Å²) in [5.74, 6) is 1.87. The van der Waals surface area contributed by atoms with Gasteiger partial charge in [0.05, 0.1) is 0 Å². The quantitative estimate of drug-likeness (QED) is 0.752. The molecule has 1 atom stereocenters. The van der Waals surface area contributed by atoms with Crippen molar-refractivity contribution in [3.8, 4) is 0 Å². The van der Waals surface area contributed by atoms with Gasteiger partial charge in [-0.25, -0.2) is 0 Å². The van der Waals surface area contributed by atoms with Gasteiger partial charge in [-0.05, 0) is 31.7 Å². The summed E-state index contributed by atoms with van der Waals surface area (Å²) in [7, 11) is 0. The molecule has 0 aromatic rings. The highest BCUT2D eigenvalue weighted by molar-refractivity contribution is 14.0. The molecule has 2 heterocycles.